The van der Waals surface area contributed by atoms with Gasteiger partial charge in [-0.15, -0.1) is 11.3 Å². The SMILES string of the molecule is CSCCC(NC(=O)c1csc2c1CCCC2)c1cc(=O)[nH]c(-c2cccnc2)n1. The van der Waals surface area contributed by atoms with E-state index in [4.69, 9.17) is 0 Å². The van der Waals surface area contributed by atoms with Gasteiger partial charge < -0.3 is 10.3 Å². The third-order valence-electron chi connectivity index (χ3n) is 5.28. The second-order valence-corrected chi connectivity index (χ2v) is 9.28. The lowest BCUT2D eigenvalue weighted by Crippen LogP contribution is -2.31. The normalized spacial score (nSPS) is 14.2. The van der Waals surface area contributed by atoms with E-state index in [0.717, 1.165) is 36.1 Å². The van der Waals surface area contributed by atoms with Crippen LogP contribution in [-0.4, -0.2) is 32.9 Å². The molecule has 3 aromatic rings. The average molecular weight is 441 g/mol. The molecule has 0 bridgehead atoms. The number of amides is 1. The van der Waals surface area contributed by atoms with E-state index in [1.165, 1.54) is 22.9 Å². The molecule has 8 heteroatoms. The molecule has 0 aromatic carbocycles. The number of fused-ring (bicyclic) bond motifs is 1. The van der Waals surface area contributed by atoms with Crippen molar-refractivity contribution >= 4 is 29.0 Å². The number of nitrogens with zero attached hydrogens (tertiary/aromatic N) is 2. The standard InChI is InChI=1S/C22H24N4O2S2/c1-29-10-8-17(25-22(28)16-13-30-19-7-3-2-6-15(16)19)18-11-20(27)26-21(24-18)14-5-4-9-23-12-14/h4-5,9,11-13,17H,2-3,6-8,10H2,1H3,(H,25,28)(H,24,26,27). The van der Waals surface area contributed by atoms with Crippen molar-refractivity contribution in [1.82, 2.24) is 20.3 Å². The zero-order valence-electron chi connectivity index (χ0n) is 16.8. The molecule has 6 nitrogen and oxygen atoms in total. The zero-order valence-corrected chi connectivity index (χ0v) is 18.4. The molecule has 1 atom stereocenters. The molecule has 3 heterocycles. The number of rotatable bonds is 7. The van der Waals surface area contributed by atoms with Gasteiger partial charge >= 0.3 is 0 Å². The Balaban J connectivity index is 1.63. The molecule has 3 aromatic heterocycles. The lowest BCUT2D eigenvalue weighted by Gasteiger charge is -2.19. The molecule has 1 aliphatic carbocycles. The van der Waals surface area contributed by atoms with E-state index in [1.54, 1.807) is 41.6 Å². The second-order valence-electron chi connectivity index (χ2n) is 7.33. The average Bonchev–Trinajstić information content (AvgIpc) is 3.21. The van der Waals surface area contributed by atoms with Crippen molar-refractivity contribution in [3.63, 3.8) is 0 Å². The summed E-state index contributed by atoms with van der Waals surface area (Å²) in [5.41, 5.74) is 3.04. The van der Waals surface area contributed by atoms with Crippen molar-refractivity contribution in [3.05, 3.63) is 68.0 Å². The molecule has 0 fully saturated rings. The van der Waals surface area contributed by atoms with Crippen molar-refractivity contribution in [2.24, 2.45) is 0 Å². The topological polar surface area (TPSA) is 87.7 Å². The molecular formula is C22H24N4O2S2. The molecule has 1 unspecified atom stereocenters. The van der Waals surface area contributed by atoms with Gasteiger partial charge in [-0.05, 0) is 61.8 Å². The van der Waals surface area contributed by atoms with Crippen LogP contribution in [0.25, 0.3) is 11.4 Å². The van der Waals surface area contributed by atoms with Crippen LogP contribution in [0.5, 0.6) is 0 Å². The molecule has 1 amide bonds. The number of pyridine rings is 1. The van der Waals surface area contributed by atoms with E-state index in [9.17, 15) is 9.59 Å². The summed E-state index contributed by atoms with van der Waals surface area (Å²) in [6, 6.07) is 4.80. The summed E-state index contributed by atoms with van der Waals surface area (Å²) in [5, 5.41) is 5.13. The fourth-order valence-electron chi connectivity index (χ4n) is 3.74. The zero-order chi connectivity index (χ0) is 20.9. The predicted molar refractivity (Wildman–Crippen MR) is 122 cm³/mol. The number of hydrogen-bond acceptors (Lipinski definition) is 6. The van der Waals surface area contributed by atoms with Gasteiger partial charge in [-0.25, -0.2) is 4.98 Å². The van der Waals surface area contributed by atoms with Gasteiger partial charge in [0.1, 0.15) is 5.82 Å². The van der Waals surface area contributed by atoms with Crippen LogP contribution in [0.1, 0.15) is 51.8 Å². The van der Waals surface area contributed by atoms with Crippen molar-refractivity contribution in [2.45, 2.75) is 38.1 Å². The van der Waals surface area contributed by atoms with Gasteiger partial charge in [-0.2, -0.15) is 11.8 Å². The summed E-state index contributed by atoms with van der Waals surface area (Å²) in [5.74, 6) is 1.23. The Morgan fingerprint density at radius 1 is 1.37 bits per heavy atom. The first kappa shape index (κ1) is 20.8. The number of aromatic nitrogens is 3. The van der Waals surface area contributed by atoms with Gasteiger partial charge in [-0.1, -0.05) is 0 Å². The summed E-state index contributed by atoms with van der Waals surface area (Å²) < 4.78 is 0. The van der Waals surface area contributed by atoms with Gasteiger partial charge in [-0.3, -0.25) is 14.6 Å². The van der Waals surface area contributed by atoms with Crippen LogP contribution < -0.4 is 10.9 Å². The molecule has 2 N–H and O–H groups in total. The molecule has 0 spiro atoms. The van der Waals surface area contributed by atoms with Crippen LogP contribution in [0.2, 0.25) is 0 Å². The maximum atomic E-state index is 13.1. The van der Waals surface area contributed by atoms with E-state index in [1.807, 2.05) is 17.7 Å². The first-order valence-corrected chi connectivity index (χ1v) is 12.3. The number of thioether (sulfide) groups is 1. The number of aryl methyl sites for hydroxylation is 1. The van der Waals surface area contributed by atoms with Crippen molar-refractivity contribution in [2.75, 3.05) is 12.0 Å². The number of thiophene rings is 1. The fourth-order valence-corrected chi connectivity index (χ4v) is 5.34. The number of carbonyl (C=O) groups is 1. The van der Waals surface area contributed by atoms with E-state index in [2.05, 4.69) is 20.3 Å². The Labute approximate surface area is 183 Å². The Morgan fingerprint density at radius 2 is 2.23 bits per heavy atom. The van der Waals surface area contributed by atoms with Crippen LogP contribution in [0.4, 0.5) is 0 Å². The van der Waals surface area contributed by atoms with E-state index in [0.29, 0.717) is 17.9 Å². The lowest BCUT2D eigenvalue weighted by molar-refractivity contribution is 0.0934. The third-order valence-corrected chi connectivity index (χ3v) is 7.01. The quantitative estimate of drug-likeness (QED) is 0.580. The largest absolute Gasteiger partial charge is 0.344 e. The van der Waals surface area contributed by atoms with Gasteiger partial charge in [0, 0.05) is 34.3 Å². The molecule has 30 heavy (non-hydrogen) atoms. The molecule has 0 saturated carbocycles. The number of hydrogen-bond donors (Lipinski definition) is 2. The first-order valence-electron chi connectivity index (χ1n) is 10.1. The van der Waals surface area contributed by atoms with Gasteiger partial charge in [0.05, 0.1) is 17.3 Å². The summed E-state index contributed by atoms with van der Waals surface area (Å²) in [4.78, 5) is 38.3. The summed E-state index contributed by atoms with van der Waals surface area (Å²) in [7, 11) is 0. The van der Waals surface area contributed by atoms with Crippen LogP contribution >= 0.6 is 23.1 Å². The number of carbonyl (C=O) groups excluding carboxylic acids is 1. The highest BCUT2D eigenvalue weighted by molar-refractivity contribution is 7.98. The smallest absolute Gasteiger partial charge is 0.252 e. The molecule has 1 aliphatic rings. The minimum atomic E-state index is -0.332. The number of H-pyrrole nitrogens is 1. The van der Waals surface area contributed by atoms with E-state index >= 15 is 0 Å². The van der Waals surface area contributed by atoms with E-state index in [-0.39, 0.29) is 17.5 Å². The highest BCUT2D eigenvalue weighted by Gasteiger charge is 2.23. The second kappa shape index (κ2) is 9.57. The van der Waals surface area contributed by atoms with Gasteiger partial charge in [0.15, 0.2) is 0 Å². The Bertz CT molecular complexity index is 1080. The molecule has 0 aliphatic heterocycles. The van der Waals surface area contributed by atoms with Crippen molar-refractivity contribution in [3.8, 4) is 11.4 Å². The minimum absolute atomic E-state index is 0.0782. The van der Waals surface area contributed by atoms with E-state index < -0.39 is 0 Å². The van der Waals surface area contributed by atoms with Gasteiger partial charge in [0.2, 0.25) is 0 Å². The Kier molecular flexibility index (Phi) is 6.64. The molecule has 0 saturated heterocycles. The maximum absolute atomic E-state index is 13.1. The first-order chi connectivity index (χ1) is 14.7. The third kappa shape index (κ3) is 4.65. The summed E-state index contributed by atoms with van der Waals surface area (Å²) in [6.07, 6.45) is 10.4. The summed E-state index contributed by atoms with van der Waals surface area (Å²) in [6.45, 7) is 0. The highest BCUT2D eigenvalue weighted by Crippen LogP contribution is 2.30. The van der Waals surface area contributed by atoms with Crippen LogP contribution in [-0.2, 0) is 12.8 Å². The predicted octanol–water partition coefficient (Wildman–Crippen LogP) is 4.00. The highest BCUT2D eigenvalue weighted by atomic mass is 32.2. The Hall–Kier alpha value is -2.45. The molecule has 4 rings (SSSR count). The van der Waals surface area contributed by atoms with Crippen molar-refractivity contribution in [1.29, 1.82) is 0 Å². The monoisotopic (exact) mass is 440 g/mol. The minimum Gasteiger partial charge on any atom is -0.344 e. The molecule has 156 valence electrons. The number of aromatic amines is 1. The van der Waals surface area contributed by atoms with Crippen LogP contribution in [0.15, 0.2) is 40.8 Å². The number of nitrogens with one attached hydrogen (secondary N) is 2. The Morgan fingerprint density at radius 3 is 3.03 bits per heavy atom. The maximum Gasteiger partial charge on any atom is 0.252 e. The van der Waals surface area contributed by atoms with Crippen LogP contribution in [0, 0.1) is 0 Å². The molecule has 0 radical (unpaired) electrons. The van der Waals surface area contributed by atoms with Crippen LogP contribution in [0.3, 0.4) is 0 Å². The summed E-state index contributed by atoms with van der Waals surface area (Å²) >= 11 is 3.38. The molecular weight excluding hydrogens is 416 g/mol. The fraction of sp³-hybridized carbons (Fsp3) is 0.364. The van der Waals surface area contributed by atoms with Gasteiger partial charge in [0.25, 0.3) is 11.5 Å². The van der Waals surface area contributed by atoms with Crippen molar-refractivity contribution < 1.29 is 4.79 Å². The lowest BCUT2D eigenvalue weighted by atomic mass is 9.95.